The van der Waals surface area contributed by atoms with Crippen LogP contribution >= 0.6 is 24.4 Å². The second kappa shape index (κ2) is 10.3. The molecule has 110 valence electrons. The van der Waals surface area contributed by atoms with Gasteiger partial charge in [-0.25, -0.2) is 0 Å². The molecule has 0 saturated heterocycles. The molecule has 0 atom stereocenters. The normalized spacial score (nSPS) is 9.25. The average Bonchev–Trinajstić information content (AvgIpc) is 2.44. The average molecular weight is 310 g/mol. The summed E-state index contributed by atoms with van der Waals surface area (Å²) >= 11 is 11.0. The Hall–Kier alpha value is -1.46. The molecule has 3 nitrogen and oxygen atoms in total. The summed E-state index contributed by atoms with van der Waals surface area (Å²) < 4.78 is 0. The standard InChI is InChI=1S/C15H23N3S2/c1-6-10-17(11-7-2)14(19)16(5)15(20)18(12-8-3)13-9-4/h6-9H,1-4,10-13H2,5H3. The van der Waals surface area contributed by atoms with Crippen molar-refractivity contribution in [3.8, 4) is 0 Å². The van der Waals surface area contributed by atoms with Gasteiger partial charge < -0.3 is 9.80 Å². The Morgan fingerprint density at radius 1 is 0.750 bits per heavy atom. The summed E-state index contributed by atoms with van der Waals surface area (Å²) in [6.45, 7) is 17.6. The van der Waals surface area contributed by atoms with Crippen molar-refractivity contribution in [3.63, 3.8) is 0 Å². The summed E-state index contributed by atoms with van der Waals surface area (Å²) in [5.74, 6) is 0. The van der Waals surface area contributed by atoms with E-state index in [4.69, 9.17) is 24.4 Å². The first-order chi connectivity index (χ1) is 9.53. The smallest absolute Gasteiger partial charge is 0.178 e. The van der Waals surface area contributed by atoms with Crippen molar-refractivity contribution in [2.45, 2.75) is 0 Å². The van der Waals surface area contributed by atoms with Gasteiger partial charge in [0.25, 0.3) is 0 Å². The molecule has 0 aliphatic carbocycles. The van der Waals surface area contributed by atoms with E-state index in [9.17, 15) is 0 Å². The van der Waals surface area contributed by atoms with Crippen molar-refractivity contribution in [3.05, 3.63) is 50.6 Å². The van der Waals surface area contributed by atoms with Gasteiger partial charge in [0.2, 0.25) is 0 Å². The highest BCUT2D eigenvalue weighted by atomic mass is 32.1. The lowest BCUT2D eigenvalue weighted by Gasteiger charge is -2.34. The lowest BCUT2D eigenvalue weighted by Crippen LogP contribution is -2.49. The molecule has 0 aromatic rings. The minimum atomic E-state index is 0.646. The molecule has 0 N–H and O–H groups in total. The summed E-state index contributed by atoms with van der Waals surface area (Å²) in [5.41, 5.74) is 0. The Bertz CT molecular complexity index is 335. The quantitative estimate of drug-likeness (QED) is 0.502. The summed E-state index contributed by atoms with van der Waals surface area (Å²) in [4.78, 5) is 5.76. The van der Waals surface area contributed by atoms with Crippen LogP contribution in [0.25, 0.3) is 0 Å². The monoisotopic (exact) mass is 309 g/mol. The third-order valence-corrected chi connectivity index (χ3v) is 3.58. The second-order valence-corrected chi connectivity index (χ2v) is 4.82. The topological polar surface area (TPSA) is 9.72 Å². The molecular weight excluding hydrogens is 286 g/mol. The lowest BCUT2D eigenvalue weighted by atomic mass is 10.4. The van der Waals surface area contributed by atoms with Gasteiger partial charge in [-0.3, -0.25) is 4.90 Å². The van der Waals surface area contributed by atoms with Crippen LogP contribution in [0.5, 0.6) is 0 Å². The maximum atomic E-state index is 5.48. The molecule has 0 aromatic carbocycles. The van der Waals surface area contributed by atoms with Crippen molar-refractivity contribution in [1.82, 2.24) is 14.7 Å². The SMILES string of the molecule is C=CCN(CC=C)C(=S)N(C)C(=S)N(CC=C)CC=C. The van der Waals surface area contributed by atoms with E-state index in [2.05, 4.69) is 26.3 Å². The Morgan fingerprint density at radius 3 is 1.20 bits per heavy atom. The van der Waals surface area contributed by atoms with E-state index >= 15 is 0 Å². The van der Waals surface area contributed by atoms with Crippen molar-refractivity contribution in [2.24, 2.45) is 0 Å². The minimum absolute atomic E-state index is 0.646. The zero-order valence-electron chi connectivity index (χ0n) is 12.1. The first kappa shape index (κ1) is 18.5. The van der Waals surface area contributed by atoms with Crippen molar-refractivity contribution < 1.29 is 0 Å². The molecule has 0 amide bonds. The van der Waals surface area contributed by atoms with Crippen LogP contribution in [-0.2, 0) is 0 Å². The maximum Gasteiger partial charge on any atom is 0.178 e. The van der Waals surface area contributed by atoms with Crippen LogP contribution in [-0.4, -0.2) is 58.2 Å². The molecule has 5 heteroatoms. The second-order valence-electron chi connectivity index (χ2n) is 4.09. The van der Waals surface area contributed by atoms with Gasteiger partial charge in [0, 0.05) is 33.2 Å². The van der Waals surface area contributed by atoms with Gasteiger partial charge in [-0.1, -0.05) is 24.3 Å². The van der Waals surface area contributed by atoms with Crippen molar-refractivity contribution >= 4 is 34.7 Å². The van der Waals surface area contributed by atoms with E-state index in [0.717, 1.165) is 0 Å². The third kappa shape index (κ3) is 5.67. The van der Waals surface area contributed by atoms with Gasteiger partial charge in [-0.2, -0.15) is 0 Å². The van der Waals surface area contributed by atoms with Gasteiger partial charge in [0.1, 0.15) is 0 Å². The number of hydrogen-bond acceptors (Lipinski definition) is 2. The van der Waals surface area contributed by atoms with Crippen LogP contribution in [0.3, 0.4) is 0 Å². The molecule has 0 radical (unpaired) electrons. The number of nitrogens with zero attached hydrogens (tertiary/aromatic N) is 3. The molecule has 0 unspecified atom stereocenters. The third-order valence-electron chi connectivity index (χ3n) is 2.51. The Balaban J connectivity index is 4.93. The number of hydrogen-bond donors (Lipinski definition) is 0. The lowest BCUT2D eigenvalue weighted by molar-refractivity contribution is 0.428. The van der Waals surface area contributed by atoms with E-state index < -0.39 is 0 Å². The van der Waals surface area contributed by atoms with Gasteiger partial charge in [-0.15, -0.1) is 26.3 Å². The van der Waals surface area contributed by atoms with Crippen molar-refractivity contribution in [1.29, 1.82) is 0 Å². The largest absolute Gasteiger partial charge is 0.341 e. The van der Waals surface area contributed by atoms with Gasteiger partial charge in [-0.05, 0) is 24.4 Å². The molecule has 0 aromatic heterocycles. The fourth-order valence-corrected chi connectivity index (χ4v) is 2.12. The molecule has 0 fully saturated rings. The van der Waals surface area contributed by atoms with Gasteiger partial charge >= 0.3 is 0 Å². The van der Waals surface area contributed by atoms with Crippen LogP contribution < -0.4 is 0 Å². The summed E-state index contributed by atoms with van der Waals surface area (Å²) in [7, 11) is 1.86. The van der Waals surface area contributed by atoms with E-state index in [1.165, 1.54) is 0 Å². The summed E-state index contributed by atoms with van der Waals surface area (Å²) in [6.07, 6.45) is 7.21. The molecule has 0 aliphatic heterocycles. The molecule has 0 saturated carbocycles. The van der Waals surface area contributed by atoms with E-state index in [1.807, 2.05) is 21.7 Å². The molecule has 0 spiro atoms. The highest BCUT2D eigenvalue weighted by Gasteiger charge is 2.18. The first-order valence-corrected chi connectivity index (χ1v) is 7.10. The van der Waals surface area contributed by atoms with E-state index in [0.29, 0.717) is 36.4 Å². The van der Waals surface area contributed by atoms with Crippen LogP contribution in [0.15, 0.2) is 50.6 Å². The Kier molecular flexibility index (Phi) is 9.59. The molecule has 0 aliphatic rings. The number of rotatable bonds is 8. The molecule has 20 heavy (non-hydrogen) atoms. The van der Waals surface area contributed by atoms with E-state index in [-0.39, 0.29) is 0 Å². The highest BCUT2D eigenvalue weighted by Crippen LogP contribution is 2.04. The van der Waals surface area contributed by atoms with Crippen molar-refractivity contribution in [2.75, 3.05) is 33.2 Å². The van der Waals surface area contributed by atoms with Gasteiger partial charge in [0.15, 0.2) is 10.2 Å². The van der Waals surface area contributed by atoms with Crippen LogP contribution in [0.4, 0.5) is 0 Å². The zero-order chi connectivity index (χ0) is 15.5. The van der Waals surface area contributed by atoms with Crippen LogP contribution in [0.1, 0.15) is 0 Å². The van der Waals surface area contributed by atoms with Crippen LogP contribution in [0, 0.1) is 0 Å². The molecule has 0 bridgehead atoms. The number of thiocarbonyl (C=S) groups is 2. The van der Waals surface area contributed by atoms with Crippen LogP contribution in [0.2, 0.25) is 0 Å². The van der Waals surface area contributed by atoms with E-state index in [1.54, 1.807) is 24.3 Å². The Morgan fingerprint density at radius 2 is 1.00 bits per heavy atom. The summed E-state index contributed by atoms with van der Waals surface area (Å²) in [5, 5.41) is 1.29. The zero-order valence-corrected chi connectivity index (χ0v) is 13.8. The predicted octanol–water partition coefficient (Wildman–Crippen LogP) is 2.84. The first-order valence-electron chi connectivity index (χ1n) is 6.28. The summed E-state index contributed by atoms with van der Waals surface area (Å²) in [6, 6.07) is 0. The molecule has 0 heterocycles. The molecular formula is C15H23N3S2. The van der Waals surface area contributed by atoms with Gasteiger partial charge in [0.05, 0.1) is 0 Å². The highest BCUT2D eigenvalue weighted by molar-refractivity contribution is 7.81. The fraction of sp³-hybridized carbons (Fsp3) is 0.333. The predicted molar refractivity (Wildman–Crippen MR) is 96.9 cm³/mol. The maximum absolute atomic E-state index is 5.48. The fourth-order valence-electron chi connectivity index (χ4n) is 1.59. The molecule has 0 rings (SSSR count). The Labute approximate surface area is 133 Å². The minimum Gasteiger partial charge on any atom is -0.341 e.